The summed E-state index contributed by atoms with van der Waals surface area (Å²) in [6.07, 6.45) is 3.96. The molecule has 1 fully saturated rings. The zero-order valence-corrected chi connectivity index (χ0v) is 18.1. The first-order chi connectivity index (χ1) is 15.6. The van der Waals surface area contributed by atoms with E-state index < -0.39 is 11.7 Å². The first-order valence-corrected chi connectivity index (χ1v) is 11.3. The Kier molecular flexibility index (Phi) is 7.18. The van der Waals surface area contributed by atoms with E-state index in [0.29, 0.717) is 11.7 Å². The lowest BCUT2D eigenvalue weighted by Gasteiger charge is -2.16. The Morgan fingerprint density at radius 2 is 1.91 bits per heavy atom. The summed E-state index contributed by atoms with van der Waals surface area (Å²) in [6, 6.07) is 15.0. The quantitative estimate of drug-likeness (QED) is 0.422. The van der Waals surface area contributed by atoms with Crippen LogP contribution in [0.2, 0.25) is 0 Å². The molecule has 2 heterocycles. The Bertz CT molecular complexity index is 1070. The van der Waals surface area contributed by atoms with Gasteiger partial charge in [0.25, 0.3) is 5.91 Å². The van der Waals surface area contributed by atoms with E-state index in [4.69, 9.17) is 4.74 Å². The van der Waals surface area contributed by atoms with Gasteiger partial charge in [-0.1, -0.05) is 42.1 Å². The van der Waals surface area contributed by atoms with Crippen LogP contribution in [0.5, 0.6) is 0 Å². The molecule has 2 N–H and O–H groups in total. The van der Waals surface area contributed by atoms with Crippen molar-refractivity contribution in [2.45, 2.75) is 30.6 Å². The number of nitrogens with zero attached hydrogens (tertiary/aromatic N) is 2. The maximum absolute atomic E-state index is 13.0. The predicted molar refractivity (Wildman–Crippen MR) is 119 cm³/mol. The molecule has 1 aliphatic rings. The van der Waals surface area contributed by atoms with E-state index in [1.54, 1.807) is 6.20 Å². The summed E-state index contributed by atoms with van der Waals surface area (Å²) in [5.74, 6) is -1.26. The molecule has 0 saturated carbocycles. The van der Waals surface area contributed by atoms with Crippen LogP contribution >= 0.6 is 11.8 Å². The van der Waals surface area contributed by atoms with Gasteiger partial charge in [-0.25, -0.2) is 9.37 Å². The molecule has 1 atom stereocenters. The first-order valence-electron chi connectivity index (χ1n) is 10.3. The molecule has 32 heavy (non-hydrogen) atoms. The fourth-order valence-electron chi connectivity index (χ4n) is 3.45. The number of benzene rings is 2. The third-order valence-electron chi connectivity index (χ3n) is 5.05. The van der Waals surface area contributed by atoms with Crippen molar-refractivity contribution in [1.29, 1.82) is 0 Å². The van der Waals surface area contributed by atoms with Gasteiger partial charge in [-0.3, -0.25) is 20.4 Å². The van der Waals surface area contributed by atoms with Crippen LogP contribution in [-0.4, -0.2) is 39.8 Å². The lowest BCUT2D eigenvalue weighted by atomic mass is 10.1. The number of rotatable bonds is 7. The van der Waals surface area contributed by atoms with Crippen LogP contribution in [0.3, 0.4) is 0 Å². The van der Waals surface area contributed by atoms with Crippen molar-refractivity contribution >= 4 is 23.6 Å². The number of carbonyl (C=O) groups is 2. The lowest BCUT2D eigenvalue weighted by Crippen LogP contribution is -2.42. The second-order valence-corrected chi connectivity index (χ2v) is 8.28. The van der Waals surface area contributed by atoms with Gasteiger partial charge < -0.3 is 9.30 Å². The zero-order valence-electron chi connectivity index (χ0n) is 17.3. The molecule has 1 aromatic heterocycles. The van der Waals surface area contributed by atoms with E-state index >= 15 is 0 Å². The van der Waals surface area contributed by atoms with Crippen molar-refractivity contribution in [2.24, 2.45) is 0 Å². The number of carbonyl (C=O) groups excluding carboxylic acids is 2. The van der Waals surface area contributed by atoms with Crippen LogP contribution in [0, 0.1) is 5.82 Å². The number of ether oxygens (including phenoxy) is 1. The number of hydrogen-bond donors (Lipinski definition) is 2. The smallest absolute Gasteiger partial charge is 0.269 e. The van der Waals surface area contributed by atoms with Crippen LogP contribution in [0.25, 0.3) is 11.3 Å². The molecule has 1 saturated heterocycles. The average Bonchev–Trinajstić information content (AvgIpc) is 3.47. The van der Waals surface area contributed by atoms with Crippen molar-refractivity contribution in [1.82, 2.24) is 20.4 Å². The maximum atomic E-state index is 13.0. The molecule has 3 aromatic rings. The molecule has 7 nitrogen and oxygen atoms in total. The highest BCUT2D eigenvalue weighted by atomic mass is 32.2. The normalized spacial score (nSPS) is 15.5. The summed E-state index contributed by atoms with van der Waals surface area (Å²) in [5, 5.41) is 0.708. The van der Waals surface area contributed by atoms with Gasteiger partial charge in [0.2, 0.25) is 5.91 Å². The third-order valence-corrected chi connectivity index (χ3v) is 6.04. The number of amides is 2. The molecule has 0 radical (unpaired) electrons. The molecule has 0 aliphatic carbocycles. The Morgan fingerprint density at radius 3 is 2.62 bits per heavy atom. The van der Waals surface area contributed by atoms with Gasteiger partial charge in [0.05, 0.1) is 30.3 Å². The minimum absolute atomic E-state index is 0.0699. The summed E-state index contributed by atoms with van der Waals surface area (Å²) in [7, 11) is 0. The Morgan fingerprint density at radius 1 is 1.12 bits per heavy atom. The van der Waals surface area contributed by atoms with Crippen molar-refractivity contribution in [2.75, 3.05) is 12.4 Å². The summed E-state index contributed by atoms with van der Waals surface area (Å²) in [5.41, 5.74) is 6.98. The molecule has 0 spiro atoms. The van der Waals surface area contributed by atoms with Gasteiger partial charge in [0.1, 0.15) is 5.82 Å². The second-order valence-electron chi connectivity index (χ2n) is 7.34. The van der Waals surface area contributed by atoms with E-state index in [2.05, 4.69) is 20.4 Å². The number of nitrogens with one attached hydrogen (secondary N) is 2. The highest BCUT2D eigenvalue weighted by Gasteiger charge is 2.21. The third kappa shape index (κ3) is 5.54. The summed E-state index contributed by atoms with van der Waals surface area (Å²) in [4.78, 5) is 28.9. The Labute approximate surface area is 189 Å². The van der Waals surface area contributed by atoms with E-state index in [1.165, 1.54) is 36.0 Å². The van der Waals surface area contributed by atoms with Crippen molar-refractivity contribution < 1.29 is 18.7 Å². The number of aromatic nitrogens is 2. The van der Waals surface area contributed by atoms with Crippen molar-refractivity contribution in [3.05, 3.63) is 72.2 Å². The summed E-state index contributed by atoms with van der Waals surface area (Å²) >= 11 is 1.29. The minimum atomic E-state index is -0.519. The molecule has 4 rings (SSSR count). The Hall–Kier alpha value is -3.17. The zero-order chi connectivity index (χ0) is 22.3. The molecular weight excluding hydrogens is 431 g/mol. The molecule has 2 amide bonds. The van der Waals surface area contributed by atoms with E-state index in [-0.39, 0.29) is 23.3 Å². The average molecular weight is 455 g/mol. The SMILES string of the molecule is O=C(CSc1ncc(-c2ccccc2)n1CC1CCCO1)NNC(=O)c1ccc(F)cc1. The van der Waals surface area contributed by atoms with Crippen molar-refractivity contribution in [3.63, 3.8) is 0 Å². The number of halogens is 1. The highest BCUT2D eigenvalue weighted by Crippen LogP contribution is 2.28. The largest absolute Gasteiger partial charge is 0.376 e. The van der Waals surface area contributed by atoms with Gasteiger partial charge in [-0.2, -0.15) is 0 Å². The number of thioether (sulfide) groups is 1. The van der Waals surface area contributed by atoms with Gasteiger partial charge in [-0.15, -0.1) is 0 Å². The van der Waals surface area contributed by atoms with Gasteiger partial charge >= 0.3 is 0 Å². The lowest BCUT2D eigenvalue weighted by molar-refractivity contribution is -0.119. The van der Waals surface area contributed by atoms with Gasteiger partial charge in [0, 0.05) is 12.2 Å². The van der Waals surface area contributed by atoms with Crippen molar-refractivity contribution in [3.8, 4) is 11.3 Å². The van der Waals surface area contributed by atoms with Gasteiger partial charge in [0.15, 0.2) is 5.16 Å². The fraction of sp³-hybridized carbons (Fsp3) is 0.261. The second kappa shape index (κ2) is 10.4. The van der Waals surface area contributed by atoms with Crippen LogP contribution in [0.4, 0.5) is 4.39 Å². The van der Waals surface area contributed by atoms with E-state index in [9.17, 15) is 14.0 Å². The Balaban J connectivity index is 1.38. The molecule has 166 valence electrons. The summed E-state index contributed by atoms with van der Waals surface area (Å²) < 4.78 is 20.9. The number of hydrogen-bond acceptors (Lipinski definition) is 5. The molecule has 0 bridgehead atoms. The molecule has 1 aliphatic heterocycles. The molecule has 9 heteroatoms. The maximum Gasteiger partial charge on any atom is 0.269 e. The van der Waals surface area contributed by atoms with Crippen LogP contribution < -0.4 is 10.9 Å². The summed E-state index contributed by atoms with van der Waals surface area (Å²) in [6.45, 7) is 1.42. The first kappa shape index (κ1) is 22.0. The number of hydrazine groups is 1. The highest BCUT2D eigenvalue weighted by molar-refractivity contribution is 7.99. The van der Waals surface area contributed by atoms with Crippen LogP contribution in [0.15, 0.2) is 66.0 Å². The topological polar surface area (TPSA) is 85.2 Å². The van der Waals surface area contributed by atoms with E-state index in [1.807, 2.05) is 30.3 Å². The van der Waals surface area contributed by atoms with Gasteiger partial charge in [-0.05, 0) is 42.7 Å². The van der Waals surface area contributed by atoms with Crippen LogP contribution in [0.1, 0.15) is 23.2 Å². The number of imidazole rings is 1. The molecule has 2 aromatic carbocycles. The van der Waals surface area contributed by atoms with Crippen LogP contribution in [-0.2, 0) is 16.1 Å². The molecular formula is C23H23FN4O3S. The fourth-order valence-corrected chi connectivity index (χ4v) is 4.24. The standard InChI is InChI=1S/C23H23FN4O3S/c24-18-10-8-17(9-11-18)22(30)27-26-21(29)15-32-23-25-13-20(16-5-2-1-3-6-16)28(23)14-19-7-4-12-31-19/h1-3,5-6,8-11,13,19H,4,7,12,14-15H2,(H,26,29)(H,27,30). The minimum Gasteiger partial charge on any atom is -0.376 e. The van der Waals surface area contributed by atoms with E-state index in [0.717, 1.165) is 30.7 Å². The molecule has 1 unspecified atom stereocenters. The predicted octanol–water partition coefficient (Wildman–Crippen LogP) is 3.42. The monoisotopic (exact) mass is 454 g/mol.